The van der Waals surface area contributed by atoms with E-state index >= 15 is 0 Å². The smallest absolute Gasteiger partial charge is 0.0516 e. The van der Waals surface area contributed by atoms with Crippen LogP contribution in [-0.4, -0.2) is 26.4 Å². The maximum Gasteiger partial charge on any atom is 0.0516 e. The first-order valence-electron chi connectivity index (χ1n) is 11.4. The second-order valence-corrected chi connectivity index (χ2v) is 8.18. The lowest BCUT2D eigenvalue weighted by molar-refractivity contribution is 0.0292. The van der Waals surface area contributed by atoms with Crippen LogP contribution < -0.4 is 0 Å². The highest BCUT2D eigenvalue weighted by Gasteiger charge is 2.11. The van der Waals surface area contributed by atoms with Gasteiger partial charge in [0.05, 0.1) is 13.2 Å². The van der Waals surface area contributed by atoms with Gasteiger partial charge in [-0.2, -0.15) is 0 Å². The molecule has 0 saturated carbocycles. The van der Waals surface area contributed by atoms with Crippen LogP contribution in [0.1, 0.15) is 111 Å². The molecular formula is C23H48O2. The Morgan fingerprint density at radius 2 is 0.960 bits per heavy atom. The fourth-order valence-electron chi connectivity index (χ4n) is 3.32. The van der Waals surface area contributed by atoms with Gasteiger partial charge in [-0.05, 0) is 25.2 Å². The van der Waals surface area contributed by atoms with Gasteiger partial charge >= 0.3 is 0 Å². The van der Waals surface area contributed by atoms with Gasteiger partial charge in [-0.25, -0.2) is 0 Å². The molecule has 0 aromatic rings. The lowest BCUT2D eigenvalue weighted by Gasteiger charge is -2.19. The molecule has 0 aliphatic carbocycles. The van der Waals surface area contributed by atoms with Gasteiger partial charge < -0.3 is 9.47 Å². The van der Waals surface area contributed by atoms with E-state index in [2.05, 4.69) is 27.7 Å². The predicted molar refractivity (Wildman–Crippen MR) is 111 cm³/mol. The molecule has 0 N–H and O–H groups in total. The molecule has 0 heterocycles. The molecule has 0 saturated heterocycles. The van der Waals surface area contributed by atoms with Gasteiger partial charge in [0.2, 0.25) is 0 Å². The summed E-state index contributed by atoms with van der Waals surface area (Å²) >= 11 is 0. The first-order valence-corrected chi connectivity index (χ1v) is 11.4. The van der Waals surface area contributed by atoms with E-state index in [4.69, 9.17) is 9.47 Å². The van der Waals surface area contributed by atoms with Gasteiger partial charge in [0.15, 0.2) is 0 Å². The van der Waals surface area contributed by atoms with E-state index in [9.17, 15) is 0 Å². The van der Waals surface area contributed by atoms with Crippen molar-refractivity contribution in [1.29, 1.82) is 0 Å². The van der Waals surface area contributed by atoms with Crippen molar-refractivity contribution in [2.24, 2.45) is 11.8 Å². The predicted octanol–water partition coefficient (Wildman–Crippen LogP) is 7.40. The topological polar surface area (TPSA) is 18.5 Å². The zero-order chi connectivity index (χ0) is 18.6. The van der Waals surface area contributed by atoms with Crippen molar-refractivity contribution in [1.82, 2.24) is 0 Å². The van der Waals surface area contributed by atoms with E-state index in [1.165, 1.54) is 83.5 Å². The molecule has 0 aromatic heterocycles. The molecule has 0 aliphatic rings. The van der Waals surface area contributed by atoms with E-state index in [0.717, 1.165) is 32.3 Å². The second-order valence-electron chi connectivity index (χ2n) is 8.18. The number of hydrogen-bond acceptors (Lipinski definition) is 2. The summed E-state index contributed by atoms with van der Waals surface area (Å²) in [5, 5.41) is 0. The fraction of sp³-hybridized carbons (Fsp3) is 1.00. The Hall–Kier alpha value is -0.0800. The average Bonchev–Trinajstić information content (AvgIpc) is 2.58. The minimum atomic E-state index is 0.570. The van der Waals surface area contributed by atoms with Crippen molar-refractivity contribution in [2.45, 2.75) is 111 Å². The van der Waals surface area contributed by atoms with Gasteiger partial charge in [0, 0.05) is 19.1 Å². The highest BCUT2D eigenvalue weighted by atomic mass is 16.5. The molecule has 2 nitrogen and oxygen atoms in total. The first-order chi connectivity index (χ1) is 12.2. The van der Waals surface area contributed by atoms with Crippen LogP contribution in [-0.2, 0) is 9.47 Å². The maximum atomic E-state index is 5.95. The summed E-state index contributed by atoms with van der Waals surface area (Å²) < 4.78 is 11.9. The lowest BCUT2D eigenvalue weighted by Crippen LogP contribution is -2.19. The van der Waals surface area contributed by atoms with Crippen LogP contribution in [0.2, 0.25) is 0 Å². The molecule has 0 aromatic carbocycles. The largest absolute Gasteiger partial charge is 0.381 e. The van der Waals surface area contributed by atoms with Crippen molar-refractivity contribution in [2.75, 3.05) is 26.4 Å². The highest BCUT2D eigenvalue weighted by molar-refractivity contribution is 4.60. The average molecular weight is 357 g/mol. The quantitative estimate of drug-likeness (QED) is 0.211. The Labute approximate surface area is 159 Å². The van der Waals surface area contributed by atoms with Crippen LogP contribution in [0.15, 0.2) is 0 Å². The normalized spacial score (nSPS) is 11.8. The Bertz CT molecular complexity index is 220. The van der Waals surface area contributed by atoms with Crippen LogP contribution in [0.4, 0.5) is 0 Å². The molecule has 0 amide bonds. The van der Waals surface area contributed by atoms with Gasteiger partial charge in [-0.3, -0.25) is 0 Å². The molecule has 0 spiro atoms. The maximum absolute atomic E-state index is 5.95. The number of hydrogen-bond donors (Lipinski definition) is 0. The summed E-state index contributed by atoms with van der Waals surface area (Å²) in [7, 11) is 0. The zero-order valence-electron chi connectivity index (χ0n) is 18.0. The van der Waals surface area contributed by atoms with Crippen LogP contribution in [0.25, 0.3) is 0 Å². The van der Waals surface area contributed by atoms with Crippen molar-refractivity contribution < 1.29 is 9.47 Å². The van der Waals surface area contributed by atoms with E-state index in [1.54, 1.807) is 0 Å². The van der Waals surface area contributed by atoms with E-state index < -0.39 is 0 Å². The lowest BCUT2D eigenvalue weighted by atomic mass is 9.98. The minimum absolute atomic E-state index is 0.570. The molecule has 0 fully saturated rings. The van der Waals surface area contributed by atoms with Crippen molar-refractivity contribution in [3.05, 3.63) is 0 Å². The Balaban J connectivity index is 3.58. The minimum Gasteiger partial charge on any atom is -0.381 e. The Kier molecular flexibility index (Phi) is 20.2. The van der Waals surface area contributed by atoms with E-state index in [1.807, 2.05) is 0 Å². The Morgan fingerprint density at radius 3 is 1.36 bits per heavy atom. The molecular weight excluding hydrogens is 308 g/mol. The van der Waals surface area contributed by atoms with Crippen LogP contribution in [0, 0.1) is 11.8 Å². The molecule has 25 heavy (non-hydrogen) atoms. The van der Waals surface area contributed by atoms with Crippen molar-refractivity contribution in [3.63, 3.8) is 0 Å². The molecule has 0 unspecified atom stereocenters. The molecule has 152 valence electrons. The van der Waals surface area contributed by atoms with Crippen molar-refractivity contribution >= 4 is 0 Å². The summed E-state index contributed by atoms with van der Waals surface area (Å²) in [6.07, 6.45) is 17.2. The van der Waals surface area contributed by atoms with E-state index in [0.29, 0.717) is 5.92 Å². The third kappa shape index (κ3) is 20.1. The molecule has 0 aliphatic heterocycles. The van der Waals surface area contributed by atoms with Crippen LogP contribution in [0.3, 0.4) is 0 Å². The Morgan fingerprint density at radius 1 is 0.560 bits per heavy atom. The zero-order valence-corrected chi connectivity index (χ0v) is 18.0. The van der Waals surface area contributed by atoms with Gasteiger partial charge in [0.25, 0.3) is 0 Å². The molecule has 0 bridgehead atoms. The third-order valence-electron chi connectivity index (χ3n) is 4.80. The monoisotopic (exact) mass is 356 g/mol. The summed E-state index contributed by atoms with van der Waals surface area (Å²) in [5.74, 6) is 1.29. The molecule has 0 radical (unpaired) electrons. The number of rotatable bonds is 20. The van der Waals surface area contributed by atoms with Crippen molar-refractivity contribution in [3.8, 4) is 0 Å². The van der Waals surface area contributed by atoms with E-state index in [-0.39, 0.29) is 0 Å². The second kappa shape index (κ2) is 20.2. The number of unbranched alkanes of at least 4 members (excludes halogenated alkanes) is 10. The summed E-state index contributed by atoms with van der Waals surface area (Å²) in [6.45, 7) is 12.8. The number of ether oxygens (including phenoxy) is 2. The van der Waals surface area contributed by atoms with Crippen LogP contribution in [0.5, 0.6) is 0 Å². The first kappa shape index (κ1) is 24.9. The standard InChI is InChI=1S/C23H48O2/c1-5-7-9-11-13-15-17-24-20-23(19-22(3)4)21-25-18-16-14-12-10-8-6-2/h22-23H,5-21H2,1-4H3. The SMILES string of the molecule is CCCCCCCCOCC(COCCCCCCCC)CC(C)C. The third-order valence-corrected chi connectivity index (χ3v) is 4.80. The summed E-state index contributed by atoms with van der Waals surface area (Å²) in [4.78, 5) is 0. The fourth-order valence-corrected chi connectivity index (χ4v) is 3.32. The van der Waals surface area contributed by atoms with Crippen LogP contribution >= 0.6 is 0 Å². The molecule has 2 heteroatoms. The summed E-state index contributed by atoms with van der Waals surface area (Å²) in [5.41, 5.74) is 0. The van der Waals surface area contributed by atoms with Gasteiger partial charge in [0.1, 0.15) is 0 Å². The van der Waals surface area contributed by atoms with Gasteiger partial charge in [-0.15, -0.1) is 0 Å². The highest BCUT2D eigenvalue weighted by Crippen LogP contribution is 2.14. The molecule has 0 atom stereocenters. The molecule has 0 rings (SSSR count). The summed E-state index contributed by atoms with van der Waals surface area (Å²) in [6, 6.07) is 0. The van der Waals surface area contributed by atoms with Gasteiger partial charge in [-0.1, -0.05) is 91.9 Å².